The molecule has 1 unspecified atom stereocenters. The Balaban J connectivity index is 3.92. The zero-order valence-electron chi connectivity index (χ0n) is 38.6. The summed E-state index contributed by atoms with van der Waals surface area (Å²) in [4.78, 5) is 22.5. The lowest BCUT2D eigenvalue weighted by atomic mass is 10.0. The number of allylic oxidation sites excluding steroid dienone is 1. The molecule has 0 saturated heterocycles. The molecule has 0 aromatic heterocycles. The van der Waals surface area contributed by atoms with E-state index in [0.29, 0.717) is 6.42 Å². The van der Waals surface area contributed by atoms with Crippen molar-refractivity contribution >= 4 is 13.8 Å². The molecule has 58 heavy (non-hydrogen) atoms. The van der Waals surface area contributed by atoms with Crippen molar-refractivity contribution < 1.29 is 32.8 Å². The van der Waals surface area contributed by atoms with Crippen molar-refractivity contribution in [1.29, 1.82) is 0 Å². The third kappa shape index (κ3) is 46.2. The molecule has 0 saturated carbocycles. The molecule has 0 aliphatic heterocycles. The number of unbranched alkanes of at least 4 members (excludes halogenated alkanes) is 36. The van der Waals surface area contributed by atoms with Gasteiger partial charge in [-0.25, -0.2) is 4.57 Å². The maximum absolute atomic E-state index is 12.6. The van der Waals surface area contributed by atoms with Gasteiger partial charge in [0.05, 0.1) is 19.5 Å². The highest BCUT2D eigenvalue weighted by Crippen LogP contribution is 2.43. The molecule has 0 heterocycles. The number of hydrogen-bond donors (Lipinski definition) is 2. The van der Waals surface area contributed by atoms with E-state index in [2.05, 4.69) is 13.8 Å². The molecule has 346 valence electrons. The van der Waals surface area contributed by atoms with E-state index >= 15 is 0 Å². The predicted molar refractivity (Wildman–Crippen MR) is 247 cm³/mol. The molecule has 0 bridgehead atoms. The lowest BCUT2D eigenvalue weighted by molar-refractivity contribution is -0.153. The van der Waals surface area contributed by atoms with Crippen LogP contribution in [-0.4, -0.2) is 43.3 Å². The summed E-state index contributed by atoms with van der Waals surface area (Å²) in [5.41, 5.74) is 5.38. The van der Waals surface area contributed by atoms with Gasteiger partial charge in [0, 0.05) is 13.0 Å². The van der Waals surface area contributed by atoms with Crippen LogP contribution in [0.5, 0.6) is 0 Å². The van der Waals surface area contributed by atoms with Crippen molar-refractivity contribution in [2.45, 2.75) is 270 Å². The topological polar surface area (TPSA) is 117 Å². The van der Waals surface area contributed by atoms with Crippen LogP contribution in [-0.2, 0) is 27.9 Å². The molecule has 0 spiro atoms. The zero-order chi connectivity index (χ0) is 42.3. The molecule has 9 heteroatoms. The number of phosphoric ester groups is 1. The second-order valence-electron chi connectivity index (χ2n) is 17.1. The van der Waals surface area contributed by atoms with Gasteiger partial charge in [0.25, 0.3) is 0 Å². The van der Waals surface area contributed by atoms with Gasteiger partial charge >= 0.3 is 13.8 Å². The zero-order valence-corrected chi connectivity index (χ0v) is 39.5. The Kier molecular flexibility index (Phi) is 46.4. The maximum atomic E-state index is 12.6. The highest BCUT2D eigenvalue weighted by molar-refractivity contribution is 7.47. The van der Waals surface area contributed by atoms with Crippen molar-refractivity contribution in [1.82, 2.24) is 0 Å². The summed E-state index contributed by atoms with van der Waals surface area (Å²) in [5.74, 6) is -0.345. The van der Waals surface area contributed by atoms with Crippen molar-refractivity contribution in [3.05, 3.63) is 12.3 Å². The Morgan fingerprint density at radius 3 is 1.22 bits per heavy atom. The van der Waals surface area contributed by atoms with Crippen molar-refractivity contribution in [2.75, 3.05) is 26.4 Å². The van der Waals surface area contributed by atoms with E-state index < -0.39 is 13.9 Å². The average Bonchev–Trinajstić information content (AvgIpc) is 3.21. The van der Waals surface area contributed by atoms with E-state index in [1.54, 1.807) is 6.26 Å². The van der Waals surface area contributed by atoms with Gasteiger partial charge in [0.2, 0.25) is 0 Å². The molecule has 0 aromatic carbocycles. The van der Waals surface area contributed by atoms with E-state index in [1.807, 2.05) is 6.08 Å². The second kappa shape index (κ2) is 47.1. The summed E-state index contributed by atoms with van der Waals surface area (Å²) in [6.07, 6.45) is 53.4. The molecule has 0 fully saturated rings. The number of hydrogen-bond acceptors (Lipinski definition) is 7. The van der Waals surface area contributed by atoms with Crippen LogP contribution >= 0.6 is 7.82 Å². The van der Waals surface area contributed by atoms with Crippen LogP contribution in [0.1, 0.15) is 264 Å². The highest BCUT2D eigenvalue weighted by atomic mass is 31.2. The van der Waals surface area contributed by atoms with Gasteiger partial charge in [0.1, 0.15) is 6.61 Å². The molecule has 0 radical (unpaired) electrons. The first kappa shape index (κ1) is 57.1. The van der Waals surface area contributed by atoms with Gasteiger partial charge in [-0.2, -0.15) is 0 Å². The van der Waals surface area contributed by atoms with Crippen molar-refractivity contribution in [3.63, 3.8) is 0 Å². The minimum atomic E-state index is -4.29. The number of carbonyl (C=O) groups is 1. The standard InChI is InChI=1S/C49H98NO7P/c1-3-5-7-9-11-13-15-17-19-21-22-23-24-25-26-27-28-30-32-34-36-38-40-42-49(51)57-48(47-56-58(52,53)55-45-43-50)46-54-44-41-39-37-35-33-31-29-20-18-16-14-12-10-8-6-4-2/h41,44,48H,3-40,42-43,45-47,50H2,1-2H3,(H,52,53)/b44-41+/t48-/m1/s1. The highest BCUT2D eigenvalue weighted by Gasteiger charge is 2.25. The van der Waals surface area contributed by atoms with Crippen molar-refractivity contribution in [2.24, 2.45) is 5.73 Å². The van der Waals surface area contributed by atoms with Crippen LogP contribution in [0.25, 0.3) is 0 Å². The molecule has 0 rings (SSSR count). The Bertz CT molecular complexity index is 904. The summed E-state index contributed by atoms with van der Waals surface area (Å²) in [7, 11) is -4.29. The Morgan fingerprint density at radius 1 is 0.517 bits per heavy atom. The average molecular weight is 844 g/mol. The van der Waals surface area contributed by atoms with Crippen LogP contribution in [0.4, 0.5) is 0 Å². The van der Waals surface area contributed by atoms with Crippen LogP contribution in [0.2, 0.25) is 0 Å². The Labute approximate surface area is 360 Å². The molecule has 0 aromatic rings. The largest absolute Gasteiger partial charge is 0.498 e. The van der Waals surface area contributed by atoms with E-state index in [1.165, 1.54) is 212 Å². The Hall–Kier alpha value is -0.920. The molecule has 8 nitrogen and oxygen atoms in total. The fourth-order valence-electron chi connectivity index (χ4n) is 7.55. The molecule has 2 atom stereocenters. The molecule has 3 N–H and O–H groups in total. The smallest absolute Gasteiger partial charge is 0.472 e. The lowest BCUT2D eigenvalue weighted by Gasteiger charge is -2.19. The van der Waals surface area contributed by atoms with E-state index in [-0.39, 0.29) is 32.3 Å². The molecular weight excluding hydrogens is 746 g/mol. The van der Waals surface area contributed by atoms with Crippen LogP contribution in [0, 0.1) is 0 Å². The molecule has 0 aliphatic rings. The summed E-state index contributed by atoms with van der Waals surface area (Å²) in [6, 6.07) is 0. The second-order valence-corrected chi connectivity index (χ2v) is 18.6. The monoisotopic (exact) mass is 844 g/mol. The van der Waals surface area contributed by atoms with Gasteiger partial charge in [-0.3, -0.25) is 13.8 Å². The summed E-state index contributed by atoms with van der Waals surface area (Å²) >= 11 is 0. The number of ether oxygens (including phenoxy) is 2. The van der Waals surface area contributed by atoms with Crippen LogP contribution < -0.4 is 5.73 Å². The number of nitrogens with two attached hydrogens (primary N) is 1. The third-order valence-electron chi connectivity index (χ3n) is 11.3. The normalized spacial score (nSPS) is 13.3. The fourth-order valence-corrected chi connectivity index (χ4v) is 8.32. The van der Waals surface area contributed by atoms with Crippen LogP contribution in [0.3, 0.4) is 0 Å². The fraction of sp³-hybridized carbons (Fsp3) is 0.939. The first-order valence-corrected chi connectivity index (χ1v) is 26.7. The number of carbonyl (C=O) groups excluding carboxylic acids is 1. The maximum Gasteiger partial charge on any atom is 0.472 e. The van der Waals surface area contributed by atoms with E-state index in [9.17, 15) is 14.3 Å². The van der Waals surface area contributed by atoms with Gasteiger partial charge in [-0.1, -0.05) is 239 Å². The quantitative estimate of drug-likeness (QED) is 0.0269. The van der Waals surface area contributed by atoms with Gasteiger partial charge in [0.15, 0.2) is 6.10 Å². The number of rotatable bonds is 49. The first-order chi connectivity index (χ1) is 28.4. The molecule has 0 amide bonds. The van der Waals surface area contributed by atoms with Crippen LogP contribution in [0.15, 0.2) is 12.3 Å². The first-order valence-electron chi connectivity index (χ1n) is 25.2. The van der Waals surface area contributed by atoms with Gasteiger partial charge in [-0.15, -0.1) is 0 Å². The summed E-state index contributed by atoms with van der Waals surface area (Å²) < 4.78 is 33.3. The predicted octanol–water partition coefficient (Wildman–Crippen LogP) is 15.8. The minimum absolute atomic E-state index is 0.0390. The SMILES string of the molecule is CCCCCCCCCCCCCCCC/C=C/OC[C@H](COP(=O)(O)OCCN)OC(=O)CCCCCCCCCCCCCCCCCCCCCCCCC. The molecule has 0 aliphatic carbocycles. The third-order valence-corrected chi connectivity index (χ3v) is 12.3. The number of esters is 1. The van der Waals surface area contributed by atoms with E-state index in [4.69, 9.17) is 24.3 Å². The van der Waals surface area contributed by atoms with E-state index in [0.717, 1.165) is 32.1 Å². The lowest BCUT2D eigenvalue weighted by Crippen LogP contribution is -2.27. The molecular formula is C49H98NO7P. The van der Waals surface area contributed by atoms with Crippen molar-refractivity contribution in [3.8, 4) is 0 Å². The Morgan fingerprint density at radius 2 is 0.862 bits per heavy atom. The summed E-state index contributed by atoms with van der Waals surface area (Å²) in [5, 5.41) is 0. The summed E-state index contributed by atoms with van der Waals surface area (Å²) in [6.45, 7) is 4.30. The number of phosphoric acid groups is 1. The minimum Gasteiger partial charge on any atom is -0.498 e. The van der Waals surface area contributed by atoms with Gasteiger partial charge in [-0.05, 0) is 25.3 Å². The van der Waals surface area contributed by atoms with Gasteiger partial charge < -0.3 is 20.1 Å².